The molecule has 1 heterocycles. The van der Waals surface area contributed by atoms with Gasteiger partial charge in [0, 0.05) is 18.0 Å². The van der Waals surface area contributed by atoms with E-state index in [4.69, 9.17) is 0 Å². The van der Waals surface area contributed by atoms with Crippen molar-refractivity contribution in [2.24, 2.45) is 0 Å². The fourth-order valence-corrected chi connectivity index (χ4v) is 2.51. The minimum atomic E-state index is -0.603. The summed E-state index contributed by atoms with van der Waals surface area (Å²) in [6, 6.07) is 3.39. The van der Waals surface area contributed by atoms with E-state index in [1.165, 1.54) is 12.1 Å². The zero-order valence-corrected chi connectivity index (χ0v) is 11.0. The summed E-state index contributed by atoms with van der Waals surface area (Å²) in [5.41, 5.74) is 0.438. The van der Waals surface area contributed by atoms with Crippen molar-refractivity contribution in [1.82, 2.24) is 25.9 Å². The van der Waals surface area contributed by atoms with E-state index in [9.17, 15) is 13.6 Å². The smallest absolute Gasteiger partial charge is 0.228 e. The summed E-state index contributed by atoms with van der Waals surface area (Å²) in [7, 11) is 0. The molecule has 6 nitrogen and oxygen atoms in total. The van der Waals surface area contributed by atoms with Gasteiger partial charge in [-0.05, 0) is 24.5 Å². The van der Waals surface area contributed by atoms with E-state index < -0.39 is 11.6 Å². The Balaban J connectivity index is 1.63. The second kappa shape index (κ2) is 5.55. The first-order chi connectivity index (χ1) is 10.1. The maximum Gasteiger partial charge on any atom is 0.228 e. The molecule has 1 saturated carbocycles. The molecule has 2 N–H and O–H groups in total. The third-order valence-corrected chi connectivity index (χ3v) is 3.69. The first-order valence-electron chi connectivity index (χ1n) is 6.60. The van der Waals surface area contributed by atoms with Crippen molar-refractivity contribution in [1.29, 1.82) is 0 Å². The number of halogens is 2. The summed E-state index contributed by atoms with van der Waals surface area (Å²) in [5.74, 6) is -1.24. The average Bonchev–Trinajstić information content (AvgIpc) is 2.91. The molecule has 0 bridgehead atoms. The zero-order chi connectivity index (χ0) is 14.8. The van der Waals surface area contributed by atoms with Crippen molar-refractivity contribution in [2.75, 3.05) is 0 Å². The maximum atomic E-state index is 13.8. The lowest BCUT2D eigenvalue weighted by atomic mass is 9.74. The Morgan fingerprint density at radius 2 is 2.24 bits per heavy atom. The van der Waals surface area contributed by atoms with Crippen LogP contribution in [0.2, 0.25) is 0 Å². The molecule has 0 radical (unpaired) electrons. The van der Waals surface area contributed by atoms with Crippen molar-refractivity contribution >= 4 is 5.91 Å². The van der Waals surface area contributed by atoms with Crippen LogP contribution in [0.25, 0.3) is 0 Å². The number of nitrogens with zero attached hydrogens (tertiary/aromatic N) is 3. The maximum absolute atomic E-state index is 13.8. The van der Waals surface area contributed by atoms with Crippen LogP contribution in [0.5, 0.6) is 0 Å². The van der Waals surface area contributed by atoms with Gasteiger partial charge in [0.25, 0.3) is 0 Å². The Morgan fingerprint density at radius 1 is 1.38 bits per heavy atom. The van der Waals surface area contributed by atoms with Crippen LogP contribution >= 0.6 is 0 Å². The summed E-state index contributed by atoms with van der Waals surface area (Å²) in [6.07, 6.45) is 1.54. The normalized spacial score (nSPS) is 20.9. The molecule has 110 valence electrons. The number of nitrogens with one attached hydrogen (secondary N) is 2. The summed E-state index contributed by atoms with van der Waals surface area (Å²) in [5, 5.41) is 15.9. The van der Waals surface area contributed by atoms with Gasteiger partial charge in [0.1, 0.15) is 11.6 Å². The SMILES string of the molecule is O=C(Cc1nn[nH]n1)N[C@H]1CC[C@H]1c1ccc(F)cc1F. The number of tetrazole rings is 1. The first kappa shape index (κ1) is 13.6. The van der Waals surface area contributed by atoms with Gasteiger partial charge in [0.2, 0.25) is 5.91 Å². The molecule has 2 atom stereocenters. The molecule has 3 rings (SSSR count). The van der Waals surface area contributed by atoms with Gasteiger partial charge in [-0.3, -0.25) is 4.79 Å². The quantitative estimate of drug-likeness (QED) is 0.883. The number of hydrogen-bond donors (Lipinski definition) is 2. The molecule has 1 fully saturated rings. The van der Waals surface area contributed by atoms with E-state index in [1.807, 2.05) is 0 Å². The Bertz CT molecular complexity index is 646. The molecule has 0 spiro atoms. The zero-order valence-electron chi connectivity index (χ0n) is 11.0. The van der Waals surface area contributed by atoms with Gasteiger partial charge in [-0.25, -0.2) is 8.78 Å². The van der Waals surface area contributed by atoms with Crippen LogP contribution in [0, 0.1) is 11.6 Å². The Kier molecular flexibility index (Phi) is 3.59. The van der Waals surface area contributed by atoms with Gasteiger partial charge >= 0.3 is 0 Å². The van der Waals surface area contributed by atoms with Crippen molar-refractivity contribution < 1.29 is 13.6 Å². The number of carbonyl (C=O) groups excluding carboxylic acids is 1. The monoisotopic (exact) mass is 293 g/mol. The highest BCUT2D eigenvalue weighted by Gasteiger charge is 2.35. The lowest BCUT2D eigenvalue weighted by Gasteiger charge is -2.37. The highest BCUT2D eigenvalue weighted by atomic mass is 19.1. The minimum Gasteiger partial charge on any atom is -0.352 e. The molecule has 1 amide bonds. The van der Waals surface area contributed by atoms with E-state index in [0.717, 1.165) is 18.9 Å². The molecule has 1 aliphatic carbocycles. The molecule has 2 aromatic rings. The third kappa shape index (κ3) is 2.88. The molecule has 0 saturated heterocycles. The number of hydrogen-bond acceptors (Lipinski definition) is 4. The van der Waals surface area contributed by atoms with Gasteiger partial charge in [-0.1, -0.05) is 11.3 Å². The van der Waals surface area contributed by atoms with Crippen LogP contribution in [0.3, 0.4) is 0 Å². The molecule has 1 aromatic carbocycles. The molecular weight excluding hydrogens is 280 g/mol. The summed E-state index contributed by atoms with van der Waals surface area (Å²) < 4.78 is 26.7. The molecule has 0 aliphatic heterocycles. The van der Waals surface area contributed by atoms with Crippen molar-refractivity contribution in [3.63, 3.8) is 0 Å². The number of rotatable bonds is 4. The van der Waals surface area contributed by atoms with Crippen molar-refractivity contribution in [3.05, 3.63) is 41.2 Å². The highest BCUT2D eigenvalue weighted by Crippen LogP contribution is 2.38. The van der Waals surface area contributed by atoms with Crippen LogP contribution < -0.4 is 5.32 Å². The number of aromatic amines is 1. The van der Waals surface area contributed by atoms with Gasteiger partial charge < -0.3 is 5.32 Å². The fraction of sp³-hybridized carbons (Fsp3) is 0.385. The van der Waals surface area contributed by atoms with Crippen LogP contribution in [0.15, 0.2) is 18.2 Å². The van der Waals surface area contributed by atoms with Crippen LogP contribution in [0.4, 0.5) is 8.78 Å². The molecule has 1 aromatic heterocycles. The minimum absolute atomic E-state index is 0.0195. The van der Waals surface area contributed by atoms with Gasteiger partial charge in [-0.15, -0.1) is 10.2 Å². The Hall–Kier alpha value is -2.38. The van der Waals surface area contributed by atoms with Crippen molar-refractivity contribution in [3.8, 4) is 0 Å². The van der Waals surface area contributed by atoms with E-state index in [-0.39, 0.29) is 24.3 Å². The average molecular weight is 293 g/mol. The molecule has 21 heavy (non-hydrogen) atoms. The lowest BCUT2D eigenvalue weighted by molar-refractivity contribution is -0.122. The van der Waals surface area contributed by atoms with E-state index in [0.29, 0.717) is 11.4 Å². The predicted molar refractivity (Wildman–Crippen MR) is 68.1 cm³/mol. The van der Waals surface area contributed by atoms with E-state index in [2.05, 4.69) is 25.9 Å². The van der Waals surface area contributed by atoms with E-state index >= 15 is 0 Å². The summed E-state index contributed by atoms with van der Waals surface area (Å²) >= 11 is 0. The molecule has 8 heteroatoms. The first-order valence-corrected chi connectivity index (χ1v) is 6.60. The number of carbonyl (C=O) groups is 1. The third-order valence-electron chi connectivity index (χ3n) is 3.69. The summed E-state index contributed by atoms with van der Waals surface area (Å²) in [6.45, 7) is 0. The van der Waals surface area contributed by atoms with E-state index in [1.54, 1.807) is 0 Å². The largest absolute Gasteiger partial charge is 0.352 e. The fourth-order valence-electron chi connectivity index (χ4n) is 2.51. The Labute approximate surface area is 118 Å². The van der Waals surface area contributed by atoms with Crippen LogP contribution in [0.1, 0.15) is 30.1 Å². The van der Waals surface area contributed by atoms with Gasteiger partial charge in [0.15, 0.2) is 5.82 Å². The predicted octanol–water partition coefficient (Wildman–Crippen LogP) is 1.08. The molecule has 0 unspecified atom stereocenters. The molecular formula is C13H13F2N5O. The summed E-state index contributed by atoms with van der Waals surface area (Å²) in [4.78, 5) is 11.8. The molecule has 1 aliphatic rings. The van der Waals surface area contributed by atoms with Gasteiger partial charge in [-0.2, -0.15) is 5.21 Å². The second-order valence-electron chi connectivity index (χ2n) is 5.03. The lowest BCUT2D eigenvalue weighted by Crippen LogP contribution is -2.46. The highest BCUT2D eigenvalue weighted by molar-refractivity contribution is 5.78. The number of benzene rings is 1. The van der Waals surface area contributed by atoms with Crippen LogP contribution in [-0.4, -0.2) is 32.6 Å². The van der Waals surface area contributed by atoms with Crippen molar-refractivity contribution in [2.45, 2.75) is 31.2 Å². The van der Waals surface area contributed by atoms with Crippen LogP contribution in [-0.2, 0) is 11.2 Å². The standard InChI is InChI=1S/C13H13F2N5O/c14-7-1-2-8(10(15)5-7)9-3-4-11(9)16-13(21)6-12-17-19-20-18-12/h1-2,5,9,11H,3-4,6H2,(H,16,21)(H,17,18,19,20)/t9-,11-/m0/s1. The number of amides is 1. The van der Waals surface area contributed by atoms with Gasteiger partial charge in [0.05, 0.1) is 6.42 Å². The Morgan fingerprint density at radius 3 is 2.86 bits per heavy atom. The number of aromatic nitrogens is 4. The number of H-pyrrole nitrogens is 1. The second-order valence-corrected chi connectivity index (χ2v) is 5.03. The topological polar surface area (TPSA) is 83.6 Å².